The van der Waals surface area contributed by atoms with Crippen LogP contribution in [0.3, 0.4) is 0 Å². The number of nitrogens with zero attached hydrogens (tertiary/aromatic N) is 2. The quantitative estimate of drug-likeness (QED) is 0.475. The highest BCUT2D eigenvalue weighted by Gasteiger charge is 2.07. The summed E-state index contributed by atoms with van der Waals surface area (Å²) in [5, 5.41) is 1.48. The lowest BCUT2D eigenvalue weighted by atomic mass is 10.1. The van der Waals surface area contributed by atoms with Crippen molar-refractivity contribution in [1.29, 1.82) is 0 Å². The molecule has 2 rings (SSSR count). The molecule has 1 heterocycles. The minimum Gasteiger partial charge on any atom is -0.301 e. The van der Waals surface area contributed by atoms with Crippen LogP contribution in [0.2, 0.25) is 0 Å². The first-order chi connectivity index (χ1) is 10.7. The molecule has 0 fully saturated rings. The minimum absolute atomic E-state index is 0.0746. The Bertz CT molecular complexity index is 665. The number of rotatable bonds is 6. The van der Waals surface area contributed by atoms with Crippen molar-refractivity contribution in [3.8, 4) is 0 Å². The van der Waals surface area contributed by atoms with E-state index < -0.39 is 5.82 Å². The van der Waals surface area contributed by atoms with Crippen LogP contribution in [-0.4, -0.2) is 15.9 Å². The van der Waals surface area contributed by atoms with E-state index in [2.05, 4.69) is 39.0 Å². The van der Waals surface area contributed by atoms with Crippen molar-refractivity contribution in [1.82, 2.24) is 26.4 Å². The first kappa shape index (κ1) is 15.9. The molecule has 2 aromatic rings. The van der Waals surface area contributed by atoms with Crippen LogP contribution in [0.1, 0.15) is 11.3 Å². The highest BCUT2D eigenvalue weighted by Crippen LogP contribution is 2.07. The molecule has 0 spiro atoms. The molecule has 6 nitrogen and oxygen atoms in total. The van der Waals surface area contributed by atoms with E-state index in [1.165, 1.54) is 17.8 Å². The first-order valence-electron chi connectivity index (χ1n) is 6.34. The lowest BCUT2D eigenvalue weighted by molar-refractivity contribution is -0.121. The smallest absolute Gasteiger partial charge is 0.240 e. The van der Waals surface area contributed by atoms with Gasteiger partial charge in [0.05, 0.1) is 17.8 Å². The van der Waals surface area contributed by atoms with Crippen molar-refractivity contribution in [2.24, 2.45) is 0 Å². The zero-order valence-corrected chi connectivity index (χ0v) is 12.3. The van der Waals surface area contributed by atoms with Gasteiger partial charge in [0.1, 0.15) is 12.1 Å². The van der Waals surface area contributed by atoms with Crippen LogP contribution >= 0.6 is 12.6 Å². The Morgan fingerprint density at radius 2 is 2.09 bits per heavy atom. The number of benzene rings is 1. The van der Waals surface area contributed by atoms with Gasteiger partial charge in [-0.2, -0.15) is 0 Å². The molecule has 0 bridgehead atoms. The van der Waals surface area contributed by atoms with Gasteiger partial charge in [-0.3, -0.25) is 10.2 Å². The molecule has 0 atom stereocenters. The third kappa shape index (κ3) is 4.54. The lowest BCUT2D eigenvalue weighted by Crippen LogP contribution is -2.46. The molecule has 0 saturated heterocycles. The van der Waals surface area contributed by atoms with E-state index in [4.69, 9.17) is 0 Å². The van der Waals surface area contributed by atoms with E-state index in [0.717, 1.165) is 0 Å². The molecule has 8 heteroatoms. The van der Waals surface area contributed by atoms with Crippen molar-refractivity contribution in [3.63, 3.8) is 0 Å². The molecule has 1 amide bonds. The second kappa shape index (κ2) is 8.11. The average Bonchev–Trinajstić information content (AvgIpc) is 2.54. The molecule has 0 aliphatic carbocycles. The minimum atomic E-state index is -0.414. The number of thiol groups is 1. The van der Waals surface area contributed by atoms with E-state index in [-0.39, 0.29) is 12.3 Å². The molecular formula is C14H14FN5OS. The Labute approximate surface area is 132 Å². The Hall–Kier alpha value is -2.45. The van der Waals surface area contributed by atoms with Gasteiger partial charge in [-0.1, -0.05) is 18.2 Å². The van der Waals surface area contributed by atoms with Crippen LogP contribution < -0.4 is 16.4 Å². The van der Waals surface area contributed by atoms with Gasteiger partial charge in [0.15, 0.2) is 0 Å². The summed E-state index contributed by atoms with van der Waals surface area (Å²) in [5.41, 5.74) is 9.13. The number of hydrazine groups is 2. The standard InChI is InChI=1S/C14H14FN5OS/c15-11-4-2-1-3-10(11)7-14(21)19-20-18-13(8-22)12-5-6-16-9-17-12/h1-6,8-9,18,20,22H,7H2,(H,19,21)/b13-8-. The molecule has 1 aromatic heterocycles. The molecule has 0 aliphatic heterocycles. The van der Waals surface area contributed by atoms with E-state index in [1.807, 2.05) is 0 Å². The molecule has 22 heavy (non-hydrogen) atoms. The SMILES string of the molecule is O=C(Cc1ccccc1F)NNN/C(=C\S)c1ccncn1. The summed E-state index contributed by atoms with van der Waals surface area (Å²) in [7, 11) is 0. The number of amides is 1. The van der Waals surface area contributed by atoms with E-state index in [0.29, 0.717) is 17.0 Å². The van der Waals surface area contributed by atoms with Crippen molar-refractivity contribution in [2.75, 3.05) is 0 Å². The van der Waals surface area contributed by atoms with Crippen molar-refractivity contribution in [3.05, 3.63) is 65.3 Å². The highest BCUT2D eigenvalue weighted by molar-refractivity contribution is 7.83. The summed E-state index contributed by atoms with van der Waals surface area (Å²) < 4.78 is 13.4. The normalized spacial score (nSPS) is 11.1. The van der Waals surface area contributed by atoms with Gasteiger partial charge in [0.25, 0.3) is 0 Å². The predicted molar refractivity (Wildman–Crippen MR) is 83.5 cm³/mol. The van der Waals surface area contributed by atoms with Crippen LogP contribution in [0, 0.1) is 5.82 Å². The van der Waals surface area contributed by atoms with Crippen LogP contribution in [0.5, 0.6) is 0 Å². The average molecular weight is 319 g/mol. The fraction of sp³-hybridized carbons (Fsp3) is 0.0714. The zero-order chi connectivity index (χ0) is 15.8. The van der Waals surface area contributed by atoms with Crippen LogP contribution in [-0.2, 0) is 11.2 Å². The molecule has 0 radical (unpaired) electrons. The number of aromatic nitrogens is 2. The zero-order valence-electron chi connectivity index (χ0n) is 11.5. The number of hydrogen-bond acceptors (Lipinski definition) is 6. The molecule has 0 aliphatic rings. The number of hydrogen-bond donors (Lipinski definition) is 4. The number of nitrogens with one attached hydrogen (secondary N) is 3. The van der Waals surface area contributed by atoms with Crippen molar-refractivity contribution < 1.29 is 9.18 Å². The molecule has 3 N–H and O–H groups in total. The summed E-state index contributed by atoms with van der Waals surface area (Å²) in [4.78, 5) is 19.6. The van der Waals surface area contributed by atoms with Crippen LogP contribution in [0.4, 0.5) is 4.39 Å². The predicted octanol–water partition coefficient (Wildman–Crippen LogP) is 1.21. The fourth-order valence-corrected chi connectivity index (χ4v) is 1.84. The van der Waals surface area contributed by atoms with Crippen molar-refractivity contribution in [2.45, 2.75) is 6.42 Å². The number of carbonyl (C=O) groups excluding carboxylic acids is 1. The topological polar surface area (TPSA) is 78.9 Å². The third-order valence-electron chi connectivity index (χ3n) is 2.69. The largest absolute Gasteiger partial charge is 0.301 e. The van der Waals surface area contributed by atoms with E-state index in [9.17, 15) is 9.18 Å². The van der Waals surface area contributed by atoms with Gasteiger partial charge in [0.2, 0.25) is 5.91 Å². The fourth-order valence-electron chi connectivity index (χ4n) is 1.64. The molecule has 1 aromatic carbocycles. The van der Waals surface area contributed by atoms with E-state index >= 15 is 0 Å². The highest BCUT2D eigenvalue weighted by atomic mass is 32.1. The Morgan fingerprint density at radius 1 is 1.27 bits per heavy atom. The molecule has 0 unspecified atom stereocenters. The van der Waals surface area contributed by atoms with Crippen LogP contribution in [0.15, 0.2) is 48.3 Å². The first-order valence-corrected chi connectivity index (χ1v) is 6.86. The van der Waals surface area contributed by atoms with E-state index in [1.54, 1.807) is 30.5 Å². The Kier molecular flexibility index (Phi) is 5.87. The summed E-state index contributed by atoms with van der Waals surface area (Å²) in [5.74, 6) is -0.804. The number of carbonyl (C=O) groups is 1. The lowest BCUT2D eigenvalue weighted by Gasteiger charge is -2.12. The van der Waals surface area contributed by atoms with Crippen molar-refractivity contribution >= 4 is 24.2 Å². The summed E-state index contributed by atoms with van der Waals surface area (Å²) in [6.07, 6.45) is 2.90. The Morgan fingerprint density at radius 3 is 2.77 bits per heavy atom. The second-order valence-corrected chi connectivity index (χ2v) is 4.46. The summed E-state index contributed by atoms with van der Waals surface area (Å²) in [6.45, 7) is 0. The number of halogens is 1. The monoisotopic (exact) mass is 319 g/mol. The maximum atomic E-state index is 13.4. The molecule has 114 valence electrons. The Balaban J connectivity index is 1.83. The van der Waals surface area contributed by atoms with Gasteiger partial charge in [-0.05, 0) is 23.1 Å². The van der Waals surface area contributed by atoms with Crippen LogP contribution in [0.25, 0.3) is 5.70 Å². The van der Waals surface area contributed by atoms with Gasteiger partial charge in [-0.15, -0.1) is 18.2 Å². The maximum Gasteiger partial charge on any atom is 0.240 e. The molecule has 0 saturated carbocycles. The van der Waals surface area contributed by atoms with Gasteiger partial charge in [-0.25, -0.2) is 14.4 Å². The second-order valence-electron chi connectivity index (χ2n) is 4.20. The van der Waals surface area contributed by atoms with Gasteiger partial charge in [0, 0.05) is 6.20 Å². The third-order valence-corrected chi connectivity index (χ3v) is 2.95. The summed E-state index contributed by atoms with van der Waals surface area (Å²) in [6, 6.07) is 7.79. The molecular weight excluding hydrogens is 305 g/mol. The van der Waals surface area contributed by atoms with Gasteiger partial charge < -0.3 is 5.43 Å². The maximum absolute atomic E-state index is 13.4. The summed E-state index contributed by atoms with van der Waals surface area (Å²) >= 11 is 4.06. The van der Waals surface area contributed by atoms with Gasteiger partial charge >= 0.3 is 0 Å².